The Morgan fingerprint density at radius 3 is 2.43 bits per heavy atom. The van der Waals surface area contributed by atoms with Crippen LogP contribution < -0.4 is 0 Å². The Hall–Kier alpha value is -1.53. The van der Waals surface area contributed by atoms with Crippen LogP contribution in [-0.2, 0) is 4.74 Å². The van der Waals surface area contributed by atoms with E-state index in [0.29, 0.717) is 17.9 Å². The third-order valence-electron chi connectivity index (χ3n) is 3.41. The largest absolute Gasteiger partial charge is 0.388 e. The Morgan fingerprint density at radius 1 is 1.29 bits per heavy atom. The van der Waals surface area contributed by atoms with Crippen molar-refractivity contribution in [2.75, 3.05) is 13.1 Å². The van der Waals surface area contributed by atoms with E-state index in [-0.39, 0.29) is 30.6 Å². The summed E-state index contributed by atoms with van der Waals surface area (Å²) in [6, 6.07) is 0. The van der Waals surface area contributed by atoms with Gasteiger partial charge in [-0.3, -0.25) is 4.79 Å². The molecule has 1 N–H and O–H groups in total. The summed E-state index contributed by atoms with van der Waals surface area (Å²) in [6.07, 6.45) is 2.15. The molecule has 1 saturated heterocycles. The number of carbonyl (C=O) groups is 1. The van der Waals surface area contributed by atoms with Crippen LogP contribution in [0, 0.1) is 0 Å². The maximum absolute atomic E-state index is 12.4. The zero-order valence-corrected chi connectivity index (χ0v) is 13.0. The number of nitrogens with zero attached hydrogens (tertiary/aromatic N) is 3. The fourth-order valence-corrected chi connectivity index (χ4v) is 2.34. The van der Waals surface area contributed by atoms with Crippen molar-refractivity contribution in [1.82, 2.24) is 14.9 Å². The third kappa shape index (κ3) is 3.77. The minimum absolute atomic E-state index is 0.0216. The van der Waals surface area contributed by atoms with Gasteiger partial charge in [0.2, 0.25) is 0 Å². The van der Waals surface area contributed by atoms with Crippen molar-refractivity contribution in [2.24, 2.45) is 0 Å². The van der Waals surface area contributed by atoms with Gasteiger partial charge < -0.3 is 14.7 Å². The van der Waals surface area contributed by atoms with E-state index in [0.717, 1.165) is 0 Å². The second kappa shape index (κ2) is 6.49. The molecule has 2 atom stereocenters. The molecule has 6 heteroatoms. The lowest BCUT2D eigenvalue weighted by molar-refractivity contribution is -0.0394. The maximum Gasteiger partial charge on any atom is 0.257 e. The number of aromatic nitrogens is 2. The quantitative estimate of drug-likeness (QED) is 0.903. The third-order valence-corrected chi connectivity index (χ3v) is 3.41. The number of ether oxygens (including phenoxy) is 1. The van der Waals surface area contributed by atoms with Gasteiger partial charge in [0.1, 0.15) is 11.9 Å². The van der Waals surface area contributed by atoms with Crippen molar-refractivity contribution in [3.63, 3.8) is 0 Å². The second-order valence-corrected chi connectivity index (χ2v) is 5.99. The minimum Gasteiger partial charge on any atom is -0.388 e. The highest BCUT2D eigenvalue weighted by Crippen LogP contribution is 2.18. The van der Waals surface area contributed by atoms with Crippen LogP contribution in [0.4, 0.5) is 0 Å². The Bertz CT molecular complexity index is 487. The van der Waals surface area contributed by atoms with E-state index < -0.39 is 6.10 Å². The van der Waals surface area contributed by atoms with Gasteiger partial charge in [-0.15, -0.1) is 0 Å². The predicted molar refractivity (Wildman–Crippen MR) is 78.0 cm³/mol. The molecule has 0 aliphatic carbocycles. The number of amides is 1. The number of hydrogen-bond acceptors (Lipinski definition) is 5. The van der Waals surface area contributed by atoms with E-state index in [1.165, 1.54) is 0 Å². The first-order chi connectivity index (χ1) is 9.88. The van der Waals surface area contributed by atoms with Gasteiger partial charge in [-0.25, -0.2) is 9.97 Å². The van der Waals surface area contributed by atoms with Crippen LogP contribution in [0.5, 0.6) is 0 Å². The molecule has 1 aliphatic rings. The van der Waals surface area contributed by atoms with Crippen LogP contribution in [0.15, 0.2) is 12.4 Å². The molecule has 21 heavy (non-hydrogen) atoms. The van der Waals surface area contributed by atoms with Crippen molar-refractivity contribution in [2.45, 2.75) is 51.9 Å². The molecule has 1 amide bonds. The molecule has 0 aromatic carbocycles. The Morgan fingerprint density at radius 2 is 1.90 bits per heavy atom. The normalized spacial score (nSPS) is 22.3. The first-order valence-corrected chi connectivity index (χ1v) is 7.33. The van der Waals surface area contributed by atoms with E-state index in [1.54, 1.807) is 17.3 Å². The fraction of sp³-hybridized carbons (Fsp3) is 0.667. The number of rotatable bonds is 4. The summed E-state index contributed by atoms with van der Waals surface area (Å²) in [4.78, 5) is 22.4. The number of carbonyl (C=O) groups excluding carboxylic acids is 1. The van der Waals surface area contributed by atoms with Crippen LogP contribution in [0.3, 0.4) is 0 Å². The van der Waals surface area contributed by atoms with Gasteiger partial charge in [0.15, 0.2) is 0 Å². The van der Waals surface area contributed by atoms with Gasteiger partial charge in [0.25, 0.3) is 5.91 Å². The molecule has 0 saturated carbocycles. The van der Waals surface area contributed by atoms with Crippen LogP contribution in [0.2, 0.25) is 0 Å². The first kappa shape index (κ1) is 15.9. The molecule has 2 heterocycles. The van der Waals surface area contributed by atoms with Gasteiger partial charge in [0.05, 0.1) is 17.8 Å². The van der Waals surface area contributed by atoms with Crippen LogP contribution in [0.1, 0.15) is 49.8 Å². The van der Waals surface area contributed by atoms with Gasteiger partial charge in [-0.05, 0) is 13.8 Å². The summed E-state index contributed by atoms with van der Waals surface area (Å²) in [5, 5.41) is 9.97. The zero-order chi connectivity index (χ0) is 15.6. The van der Waals surface area contributed by atoms with Crippen molar-refractivity contribution >= 4 is 5.91 Å². The van der Waals surface area contributed by atoms with E-state index in [2.05, 4.69) is 9.97 Å². The zero-order valence-electron chi connectivity index (χ0n) is 13.0. The lowest BCUT2D eigenvalue weighted by Crippen LogP contribution is -2.31. The van der Waals surface area contributed by atoms with Crippen molar-refractivity contribution < 1.29 is 14.6 Å². The minimum atomic E-state index is -0.646. The number of hydrogen-bond donors (Lipinski definition) is 1. The van der Waals surface area contributed by atoms with Gasteiger partial charge >= 0.3 is 0 Å². The van der Waals surface area contributed by atoms with Crippen LogP contribution in [-0.4, -0.2) is 57.3 Å². The average Bonchev–Trinajstić information content (AvgIpc) is 2.78. The maximum atomic E-state index is 12.4. The highest BCUT2D eigenvalue weighted by Gasteiger charge is 2.35. The van der Waals surface area contributed by atoms with E-state index >= 15 is 0 Å². The van der Waals surface area contributed by atoms with E-state index in [9.17, 15) is 9.90 Å². The lowest BCUT2D eigenvalue weighted by atomic mass is 10.2. The van der Waals surface area contributed by atoms with Crippen molar-refractivity contribution in [3.8, 4) is 0 Å². The number of aliphatic hydroxyl groups excluding tert-OH is 1. The Labute approximate surface area is 125 Å². The topological polar surface area (TPSA) is 75.5 Å². The molecule has 2 rings (SSSR count). The molecule has 116 valence electrons. The highest BCUT2D eigenvalue weighted by molar-refractivity contribution is 5.93. The molecule has 6 nitrogen and oxygen atoms in total. The Kier molecular flexibility index (Phi) is 4.90. The number of likely N-dealkylation sites (tertiary alicyclic amines) is 1. The molecule has 0 radical (unpaired) electrons. The first-order valence-electron chi connectivity index (χ1n) is 7.33. The Balaban J connectivity index is 2.03. The number of aliphatic hydroxyl groups is 1. The van der Waals surface area contributed by atoms with Gasteiger partial charge in [0, 0.05) is 31.4 Å². The highest BCUT2D eigenvalue weighted by atomic mass is 16.5. The van der Waals surface area contributed by atoms with Gasteiger partial charge in [-0.2, -0.15) is 0 Å². The summed E-state index contributed by atoms with van der Waals surface area (Å²) < 4.78 is 5.62. The SMILES string of the molecule is CC(C)O[C@H]1CN(C(=O)c2cnc(C(C)C)nc2)C[C@@H]1O. The fourth-order valence-electron chi connectivity index (χ4n) is 2.34. The monoisotopic (exact) mass is 293 g/mol. The van der Waals surface area contributed by atoms with Gasteiger partial charge in [-0.1, -0.05) is 13.8 Å². The molecular weight excluding hydrogens is 270 g/mol. The summed E-state index contributed by atoms with van der Waals surface area (Å²) in [5.74, 6) is 0.778. The predicted octanol–water partition coefficient (Wildman–Crippen LogP) is 1.21. The summed E-state index contributed by atoms with van der Waals surface area (Å²) in [7, 11) is 0. The summed E-state index contributed by atoms with van der Waals surface area (Å²) >= 11 is 0. The molecule has 1 aliphatic heterocycles. The summed E-state index contributed by atoms with van der Waals surface area (Å²) in [5.41, 5.74) is 0.441. The van der Waals surface area contributed by atoms with E-state index in [1.807, 2.05) is 27.7 Å². The van der Waals surface area contributed by atoms with Crippen LogP contribution in [0.25, 0.3) is 0 Å². The van der Waals surface area contributed by atoms with Crippen LogP contribution >= 0.6 is 0 Å². The molecule has 1 aromatic heterocycles. The molecule has 0 unspecified atom stereocenters. The second-order valence-electron chi connectivity index (χ2n) is 5.99. The summed E-state index contributed by atoms with van der Waals surface area (Å²) in [6.45, 7) is 8.50. The average molecular weight is 293 g/mol. The lowest BCUT2D eigenvalue weighted by Gasteiger charge is -2.18. The molecule has 0 bridgehead atoms. The molecular formula is C15H23N3O3. The smallest absolute Gasteiger partial charge is 0.257 e. The molecule has 1 aromatic rings. The molecule has 1 fully saturated rings. The van der Waals surface area contributed by atoms with Crippen molar-refractivity contribution in [3.05, 3.63) is 23.8 Å². The van der Waals surface area contributed by atoms with E-state index in [4.69, 9.17) is 4.74 Å². The van der Waals surface area contributed by atoms with Crippen molar-refractivity contribution in [1.29, 1.82) is 0 Å². The standard InChI is InChI=1S/C15H23N3O3/c1-9(2)14-16-5-11(6-17-14)15(20)18-7-12(19)13(8-18)21-10(3)4/h5-6,9-10,12-13,19H,7-8H2,1-4H3/t12-,13-/m0/s1. The molecule has 0 spiro atoms. The number of β-amino-alcohol motifs (C(OH)–C–C–N with tert-alkyl or cyclic N) is 1.